The Morgan fingerprint density at radius 2 is 2.00 bits per heavy atom. The van der Waals surface area contributed by atoms with E-state index in [1.54, 1.807) is 32.2 Å². The second-order valence-electron chi connectivity index (χ2n) is 3.72. The number of carbonyl (C=O) groups excluding carboxylic acids is 1. The van der Waals surface area contributed by atoms with Gasteiger partial charge in [0.15, 0.2) is 0 Å². The second kappa shape index (κ2) is 5.90. The second-order valence-corrected chi connectivity index (χ2v) is 4.54. The molecule has 0 spiro atoms. The maximum atomic E-state index is 12.2. The summed E-state index contributed by atoms with van der Waals surface area (Å²) < 4.78 is 0. The van der Waals surface area contributed by atoms with Crippen molar-refractivity contribution in [3.05, 3.63) is 33.8 Å². The summed E-state index contributed by atoms with van der Waals surface area (Å²) in [5, 5.41) is 9.24. The molecule has 1 rings (SSSR count). The molecule has 0 N–H and O–H groups in total. The fraction of sp³-hybridized carbons (Fsp3) is 0.333. The van der Waals surface area contributed by atoms with Crippen LogP contribution in [-0.2, 0) is 0 Å². The summed E-state index contributed by atoms with van der Waals surface area (Å²) in [6.45, 7) is 1.80. The SMILES string of the molecule is CC(CC#N)N(C)C(=O)c1c(Cl)cccc1Cl. The molecule has 17 heavy (non-hydrogen) atoms. The number of benzene rings is 1. The first-order chi connectivity index (χ1) is 7.99. The molecule has 1 aromatic carbocycles. The monoisotopic (exact) mass is 270 g/mol. The van der Waals surface area contributed by atoms with Crippen LogP contribution >= 0.6 is 23.2 Å². The van der Waals surface area contributed by atoms with Crippen molar-refractivity contribution in [1.82, 2.24) is 4.90 Å². The molecule has 0 heterocycles. The minimum absolute atomic E-state index is 0.181. The standard InChI is InChI=1S/C12H12Cl2N2O/c1-8(6-7-15)16(2)12(17)11-9(13)4-3-5-10(11)14/h3-5,8H,6H2,1-2H3. The Balaban J connectivity index is 3.01. The summed E-state index contributed by atoms with van der Waals surface area (Å²) in [4.78, 5) is 13.6. The van der Waals surface area contributed by atoms with Crippen LogP contribution in [-0.4, -0.2) is 23.9 Å². The molecule has 1 atom stereocenters. The van der Waals surface area contributed by atoms with Crippen LogP contribution in [0.3, 0.4) is 0 Å². The molecule has 0 aliphatic carbocycles. The van der Waals surface area contributed by atoms with E-state index in [-0.39, 0.29) is 23.9 Å². The summed E-state index contributed by atoms with van der Waals surface area (Å²) >= 11 is 11.9. The zero-order valence-corrected chi connectivity index (χ0v) is 11.1. The molecule has 0 aliphatic heterocycles. The van der Waals surface area contributed by atoms with Crippen molar-refractivity contribution in [2.75, 3.05) is 7.05 Å². The van der Waals surface area contributed by atoms with Crippen molar-refractivity contribution in [3.63, 3.8) is 0 Å². The molecule has 3 nitrogen and oxygen atoms in total. The quantitative estimate of drug-likeness (QED) is 0.846. The molecule has 0 radical (unpaired) electrons. The molecule has 0 bridgehead atoms. The van der Waals surface area contributed by atoms with Gasteiger partial charge >= 0.3 is 0 Å². The molecular formula is C12H12Cl2N2O. The van der Waals surface area contributed by atoms with Crippen molar-refractivity contribution in [2.45, 2.75) is 19.4 Å². The molecule has 1 aromatic rings. The van der Waals surface area contributed by atoms with E-state index < -0.39 is 0 Å². The van der Waals surface area contributed by atoms with Gasteiger partial charge in [0.1, 0.15) is 0 Å². The van der Waals surface area contributed by atoms with Crippen molar-refractivity contribution >= 4 is 29.1 Å². The highest BCUT2D eigenvalue weighted by atomic mass is 35.5. The van der Waals surface area contributed by atoms with Crippen molar-refractivity contribution in [3.8, 4) is 6.07 Å². The highest BCUT2D eigenvalue weighted by Crippen LogP contribution is 2.26. The van der Waals surface area contributed by atoms with Crippen molar-refractivity contribution in [1.29, 1.82) is 5.26 Å². The maximum absolute atomic E-state index is 12.2. The zero-order chi connectivity index (χ0) is 13.0. The molecule has 0 saturated carbocycles. The average molecular weight is 271 g/mol. The first kappa shape index (κ1) is 13.8. The number of nitriles is 1. The fourth-order valence-corrected chi connectivity index (χ4v) is 1.91. The van der Waals surface area contributed by atoms with Crippen LogP contribution in [0.4, 0.5) is 0 Å². The van der Waals surface area contributed by atoms with Crippen LogP contribution in [0.2, 0.25) is 10.0 Å². The summed E-state index contributed by atoms with van der Waals surface area (Å²) in [5.74, 6) is -0.275. The largest absolute Gasteiger partial charge is 0.338 e. The van der Waals surface area contributed by atoms with E-state index in [1.165, 1.54) is 4.90 Å². The Morgan fingerprint density at radius 3 is 2.47 bits per heavy atom. The Hall–Kier alpha value is -1.24. The molecule has 90 valence electrons. The van der Waals surface area contributed by atoms with Crippen LogP contribution in [0.5, 0.6) is 0 Å². The van der Waals surface area contributed by atoms with Gasteiger partial charge in [-0.3, -0.25) is 4.79 Å². The number of halogens is 2. The van der Waals surface area contributed by atoms with E-state index >= 15 is 0 Å². The number of hydrogen-bond donors (Lipinski definition) is 0. The lowest BCUT2D eigenvalue weighted by Gasteiger charge is -2.23. The van der Waals surface area contributed by atoms with Gasteiger partial charge in [0.2, 0.25) is 0 Å². The van der Waals surface area contributed by atoms with Gasteiger partial charge in [0.25, 0.3) is 5.91 Å². The third-order valence-corrected chi connectivity index (χ3v) is 3.17. The van der Waals surface area contributed by atoms with Crippen LogP contribution in [0, 0.1) is 11.3 Å². The number of amides is 1. The lowest BCUT2D eigenvalue weighted by molar-refractivity contribution is 0.0746. The molecule has 0 aromatic heterocycles. The first-order valence-corrected chi connectivity index (χ1v) is 5.82. The Bertz CT molecular complexity index is 448. The highest BCUT2D eigenvalue weighted by Gasteiger charge is 2.21. The van der Waals surface area contributed by atoms with Gasteiger partial charge in [0.05, 0.1) is 28.1 Å². The van der Waals surface area contributed by atoms with Crippen LogP contribution in [0.1, 0.15) is 23.7 Å². The van der Waals surface area contributed by atoms with Gasteiger partial charge in [-0.15, -0.1) is 0 Å². The van der Waals surface area contributed by atoms with Gasteiger partial charge in [-0.05, 0) is 19.1 Å². The van der Waals surface area contributed by atoms with E-state index in [2.05, 4.69) is 0 Å². The summed E-state index contributed by atoms with van der Waals surface area (Å²) in [5.41, 5.74) is 0.281. The van der Waals surface area contributed by atoms with Crippen LogP contribution in [0.15, 0.2) is 18.2 Å². The van der Waals surface area contributed by atoms with E-state index in [1.807, 2.05) is 6.07 Å². The Morgan fingerprint density at radius 1 is 1.47 bits per heavy atom. The first-order valence-electron chi connectivity index (χ1n) is 5.07. The van der Waals surface area contributed by atoms with Gasteiger partial charge in [-0.25, -0.2) is 0 Å². The minimum atomic E-state index is -0.275. The molecule has 1 amide bonds. The predicted molar refractivity (Wildman–Crippen MR) is 68.2 cm³/mol. The maximum Gasteiger partial charge on any atom is 0.256 e. The van der Waals surface area contributed by atoms with Gasteiger partial charge in [0, 0.05) is 13.1 Å². The number of rotatable bonds is 3. The molecule has 0 saturated heterocycles. The molecule has 0 fully saturated rings. The highest BCUT2D eigenvalue weighted by molar-refractivity contribution is 6.39. The van der Waals surface area contributed by atoms with Gasteiger partial charge in [-0.2, -0.15) is 5.26 Å². The average Bonchev–Trinajstić information content (AvgIpc) is 2.27. The Labute approximate surface area is 111 Å². The molecular weight excluding hydrogens is 259 g/mol. The normalized spacial score (nSPS) is 11.7. The third-order valence-electron chi connectivity index (χ3n) is 2.54. The molecule has 0 aliphatic rings. The van der Waals surface area contributed by atoms with Gasteiger partial charge < -0.3 is 4.90 Å². The Kier molecular flexibility index (Phi) is 4.80. The third kappa shape index (κ3) is 3.12. The number of carbonyl (C=O) groups is 1. The van der Waals surface area contributed by atoms with E-state index in [9.17, 15) is 4.79 Å². The van der Waals surface area contributed by atoms with E-state index in [4.69, 9.17) is 28.5 Å². The van der Waals surface area contributed by atoms with Crippen molar-refractivity contribution in [2.24, 2.45) is 0 Å². The molecule has 1 unspecified atom stereocenters. The lowest BCUT2D eigenvalue weighted by Crippen LogP contribution is -2.35. The van der Waals surface area contributed by atoms with E-state index in [0.717, 1.165) is 0 Å². The topological polar surface area (TPSA) is 44.1 Å². The van der Waals surface area contributed by atoms with Crippen molar-refractivity contribution < 1.29 is 4.79 Å². The number of hydrogen-bond acceptors (Lipinski definition) is 2. The lowest BCUT2D eigenvalue weighted by atomic mass is 10.1. The van der Waals surface area contributed by atoms with E-state index in [0.29, 0.717) is 10.0 Å². The predicted octanol–water partition coefficient (Wildman–Crippen LogP) is 3.37. The van der Waals surface area contributed by atoms with Crippen LogP contribution < -0.4 is 0 Å². The zero-order valence-electron chi connectivity index (χ0n) is 9.58. The van der Waals surface area contributed by atoms with Gasteiger partial charge in [-0.1, -0.05) is 29.3 Å². The minimum Gasteiger partial charge on any atom is -0.338 e. The smallest absolute Gasteiger partial charge is 0.256 e. The summed E-state index contributed by atoms with van der Waals surface area (Å²) in [6, 6.07) is 6.75. The summed E-state index contributed by atoms with van der Waals surface area (Å²) in [6.07, 6.45) is 0.268. The fourth-order valence-electron chi connectivity index (χ4n) is 1.35. The van der Waals surface area contributed by atoms with Crippen LogP contribution in [0.25, 0.3) is 0 Å². The molecule has 5 heteroatoms. The summed E-state index contributed by atoms with van der Waals surface area (Å²) in [7, 11) is 1.63. The number of nitrogens with zero attached hydrogens (tertiary/aromatic N) is 2.